The van der Waals surface area contributed by atoms with Gasteiger partial charge in [0.1, 0.15) is 5.82 Å². The van der Waals surface area contributed by atoms with E-state index >= 15 is 0 Å². The summed E-state index contributed by atoms with van der Waals surface area (Å²) < 4.78 is 13.3. The summed E-state index contributed by atoms with van der Waals surface area (Å²) in [6.07, 6.45) is 7.58. The Morgan fingerprint density at radius 1 is 1.16 bits per heavy atom. The van der Waals surface area contributed by atoms with Gasteiger partial charge in [0.05, 0.1) is 0 Å². The normalized spacial score (nSPS) is 16.4. The number of nitrogens with one attached hydrogen (secondary N) is 1. The molecule has 4 heteroatoms. The Labute approximate surface area is 113 Å². The number of hydrogen-bond acceptors (Lipinski definition) is 1. The fourth-order valence-electron chi connectivity index (χ4n) is 2.18. The van der Waals surface area contributed by atoms with Crippen LogP contribution in [-0.4, -0.2) is 24.0 Å². The number of rotatable bonds is 2. The summed E-state index contributed by atoms with van der Waals surface area (Å²) in [6.45, 7) is 1.61. The number of carbonyl (C=O) groups is 1. The zero-order valence-electron chi connectivity index (χ0n) is 10.9. The first-order chi connectivity index (χ1) is 9.27. The third-order valence-electron chi connectivity index (χ3n) is 3.27. The van der Waals surface area contributed by atoms with Gasteiger partial charge in [0.25, 0.3) is 0 Å². The molecule has 0 unspecified atom stereocenters. The van der Waals surface area contributed by atoms with Gasteiger partial charge in [-0.3, -0.25) is 0 Å². The molecule has 3 nitrogen and oxygen atoms in total. The lowest BCUT2D eigenvalue weighted by Crippen LogP contribution is -2.38. The number of amides is 2. The molecule has 0 atom stereocenters. The summed E-state index contributed by atoms with van der Waals surface area (Å²) in [6, 6.07) is 6.37. The lowest BCUT2D eigenvalue weighted by atomic mass is 10.2. The van der Waals surface area contributed by atoms with Crippen molar-refractivity contribution in [1.29, 1.82) is 0 Å². The summed E-state index contributed by atoms with van der Waals surface area (Å²) in [5.41, 5.74) is 0.471. The molecule has 1 aromatic carbocycles. The van der Waals surface area contributed by atoms with E-state index in [1.807, 2.05) is 4.90 Å². The number of nitrogens with zero attached hydrogens (tertiary/aromatic N) is 1. The maximum absolute atomic E-state index is 13.3. The van der Waals surface area contributed by atoms with E-state index in [9.17, 15) is 9.18 Å². The highest BCUT2D eigenvalue weighted by molar-refractivity contribution is 5.76. The van der Waals surface area contributed by atoms with Crippen LogP contribution in [0.2, 0.25) is 0 Å². The van der Waals surface area contributed by atoms with Gasteiger partial charge in [0, 0.05) is 24.9 Å². The maximum Gasteiger partial charge on any atom is 0.321 e. The van der Waals surface area contributed by atoms with Crippen LogP contribution in [0.3, 0.4) is 0 Å². The Balaban J connectivity index is 1.87. The molecule has 1 saturated heterocycles. The molecule has 0 spiro atoms. The minimum absolute atomic E-state index is 0.102. The van der Waals surface area contributed by atoms with Crippen LogP contribution >= 0.6 is 0 Å². The van der Waals surface area contributed by atoms with Gasteiger partial charge in [-0.25, -0.2) is 9.18 Å². The van der Waals surface area contributed by atoms with Gasteiger partial charge in [-0.1, -0.05) is 31.0 Å². The lowest BCUT2D eigenvalue weighted by molar-refractivity contribution is 0.203. The van der Waals surface area contributed by atoms with Gasteiger partial charge in [0.15, 0.2) is 0 Å². The molecule has 1 fully saturated rings. The molecule has 2 rings (SSSR count). The molecule has 0 aliphatic carbocycles. The van der Waals surface area contributed by atoms with Crippen LogP contribution in [0, 0.1) is 5.82 Å². The van der Waals surface area contributed by atoms with Gasteiger partial charge >= 0.3 is 6.03 Å². The van der Waals surface area contributed by atoms with Gasteiger partial charge in [-0.15, -0.1) is 0 Å². The second-order valence-corrected chi connectivity index (χ2v) is 4.71. The summed E-state index contributed by atoms with van der Waals surface area (Å²) in [5.74, 6) is -0.289. The number of halogens is 1. The standard InChI is InChI=1S/C15H19FN2O/c16-14-8-4-3-7-13(14)9-10-17-15(19)18-11-5-1-2-6-12-18/h3-4,7-10H,1-2,5-6,11-12H2,(H,17,19)/b10-9+. The third kappa shape index (κ3) is 4.09. The summed E-state index contributed by atoms with van der Waals surface area (Å²) >= 11 is 0. The first kappa shape index (κ1) is 13.6. The van der Waals surface area contributed by atoms with Crippen molar-refractivity contribution >= 4 is 12.1 Å². The first-order valence-corrected chi connectivity index (χ1v) is 6.74. The van der Waals surface area contributed by atoms with Crippen LogP contribution in [0.1, 0.15) is 31.2 Å². The van der Waals surface area contributed by atoms with Crippen LogP contribution in [0.15, 0.2) is 30.5 Å². The minimum Gasteiger partial charge on any atom is -0.325 e. The highest BCUT2D eigenvalue weighted by atomic mass is 19.1. The van der Waals surface area contributed by atoms with Crippen molar-refractivity contribution in [2.24, 2.45) is 0 Å². The predicted molar refractivity (Wildman–Crippen MR) is 74.0 cm³/mol. The SMILES string of the molecule is O=C(N/C=C/c1ccccc1F)N1CCCCCC1. The van der Waals surface area contributed by atoms with E-state index < -0.39 is 0 Å². The fourth-order valence-corrected chi connectivity index (χ4v) is 2.18. The maximum atomic E-state index is 13.3. The van der Waals surface area contributed by atoms with E-state index in [4.69, 9.17) is 0 Å². The fraction of sp³-hybridized carbons (Fsp3) is 0.400. The van der Waals surface area contributed by atoms with Crippen molar-refractivity contribution in [3.8, 4) is 0 Å². The number of hydrogen-bond donors (Lipinski definition) is 1. The number of urea groups is 1. The van der Waals surface area contributed by atoms with E-state index in [0.29, 0.717) is 5.56 Å². The largest absolute Gasteiger partial charge is 0.325 e. The Morgan fingerprint density at radius 3 is 2.53 bits per heavy atom. The van der Waals surface area contributed by atoms with Gasteiger partial charge in [-0.05, 0) is 25.0 Å². The molecule has 102 valence electrons. The molecule has 0 radical (unpaired) electrons. The topological polar surface area (TPSA) is 32.3 Å². The van der Waals surface area contributed by atoms with Gasteiger partial charge in [-0.2, -0.15) is 0 Å². The van der Waals surface area contributed by atoms with Crippen LogP contribution in [-0.2, 0) is 0 Å². The summed E-state index contributed by atoms with van der Waals surface area (Å²) in [4.78, 5) is 13.7. The molecule has 1 aromatic rings. The number of benzene rings is 1. The van der Waals surface area contributed by atoms with Crippen LogP contribution in [0.4, 0.5) is 9.18 Å². The van der Waals surface area contributed by atoms with Crippen molar-refractivity contribution in [2.45, 2.75) is 25.7 Å². The molecule has 0 saturated carbocycles. The Morgan fingerprint density at radius 2 is 1.84 bits per heavy atom. The molecule has 19 heavy (non-hydrogen) atoms. The van der Waals surface area contributed by atoms with E-state index in [2.05, 4.69) is 5.32 Å². The summed E-state index contributed by atoms with van der Waals surface area (Å²) in [7, 11) is 0. The molecular weight excluding hydrogens is 243 g/mol. The van der Waals surface area contributed by atoms with Crippen molar-refractivity contribution < 1.29 is 9.18 Å². The highest BCUT2D eigenvalue weighted by Crippen LogP contribution is 2.10. The van der Waals surface area contributed by atoms with Crippen LogP contribution in [0.25, 0.3) is 6.08 Å². The average molecular weight is 262 g/mol. The van der Waals surface area contributed by atoms with Crippen molar-refractivity contribution in [2.75, 3.05) is 13.1 Å². The Bertz CT molecular complexity index is 451. The van der Waals surface area contributed by atoms with Crippen molar-refractivity contribution in [3.63, 3.8) is 0 Å². The number of likely N-dealkylation sites (tertiary alicyclic amines) is 1. The van der Waals surface area contributed by atoms with E-state index in [1.54, 1.807) is 24.3 Å². The minimum atomic E-state index is -0.289. The average Bonchev–Trinajstić information content (AvgIpc) is 2.70. The second-order valence-electron chi connectivity index (χ2n) is 4.71. The van der Waals surface area contributed by atoms with Gasteiger partial charge < -0.3 is 10.2 Å². The second kappa shape index (κ2) is 6.92. The zero-order valence-corrected chi connectivity index (χ0v) is 10.9. The predicted octanol–water partition coefficient (Wildman–Crippen LogP) is 3.38. The molecule has 2 amide bonds. The van der Waals surface area contributed by atoms with Crippen molar-refractivity contribution in [1.82, 2.24) is 10.2 Å². The van der Waals surface area contributed by atoms with Crippen molar-refractivity contribution in [3.05, 3.63) is 41.8 Å². The smallest absolute Gasteiger partial charge is 0.321 e. The molecule has 1 heterocycles. The summed E-state index contributed by atoms with van der Waals surface area (Å²) in [5, 5.41) is 2.70. The molecule has 1 aliphatic heterocycles. The zero-order chi connectivity index (χ0) is 13.5. The molecule has 0 bridgehead atoms. The molecule has 1 aliphatic rings. The first-order valence-electron chi connectivity index (χ1n) is 6.74. The molecule has 1 N–H and O–H groups in total. The Hall–Kier alpha value is -1.84. The Kier molecular flexibility index (Phi) is 4.95. The number of carbonyl (C=O) groups excluding carboxylic acids is 1. The quantitative estimate of drug-likeness (QED) is 0.870. The molecular formula is C15H19FN2O. The highest BCUT2D eigenvalue weighted by Gasteiger charge is 2.13. The van der Waals surface area contributed by atoms with E-state index in [-0.39, 0.29) is 11.8 Å². The van der Waals surface area contributed by atoms with E-state index in [0.717, 1.165) is 25.9 Å². The third-order valence-corrected chi connectivity index (χ3v) is 3.27. The van der Waals surface area contributed by atoms with E-state index in [1.165, 1.54) is 25.1 Å². The van der Waals surface area contributed by atoms with Crippen LogP contribution < -0.4 is 5.32 Å². The van der Waals surface area contributed by atoms with Gasteiger partial charge in [0.2, 0.25) is 0 Å². The lowest BCUT2D eigenvalue weighted by Gasteiger charge is -2.19. The van der Waals surface area contributed by atoms with Crippen LogP contribution in [0.5, 0.6) is 0 Å². The molecule has 0 aromatic heterocycles. The monoisotopic (exact) mass is 262 g/mol.